The molecular weight excluding hydrogens is 176 g/mol. The molecule has 0 saturated heterocycles. The predicted octanol–water partition coefficient (Wildman–Crippen LogP) is 1.34. The maximum absolute atomic E-state index is 5.05. The van der Waals surface area contributed by atoms with Crippen LogP contribution in [0.1, 0.15) is 27.7 Å². The van der Waals surface area contributed by atoms with Crippen molar-refractivity contribution in [2.45, 2.75) is 39.3 Å². The Morgan fingerprint density at radius 3 is 2.36 bits per heavy atom. The Bertz CT molecular complexity index is 143. The number of nitrogens with zero attached hydrogens (tertiary/aromatic N) is 1. The summed E-state index contributed by atoms with van der Waals surface area (Å²) >= 11 is 0. The lowest BCUT2D eigenvalue weighted by Gasteiger charge is -2.29. The molecule has 0 aliphatic carbocycles. The van der Waals surface area contributed by atoms with Crippen LogP contribution in [0.3, 0.4) is 0 Å². The molecule has 0 amide bonds. The van der Waals surface area contributed by atoms with Gasteiger partial charge in [0.15, 0.2) is 0 Å². The second kappa shape index (κ2) is 6.38. The molecule has 0 radical (unpaired) electrons. The number of ether oxygens (including phenoxy) is 1. The van der Waals surface area contributed by atoms with Gasteiger partial charge in [-0.25, -0.2) is 0 Å². The van der Waals surface area contributed by atoms with Crippen molar-refractivity contribution in [3.8, 4) is 0 Å². The highest BCUT2D eigenvalue weighted by Crippen LogP contribution is 2.00. The van der Waals surface area contributed by atoms with Crippen LogP contribution in [0.15, 0.2) is 0 Å². The van der Waals surface area contributed by atoms with Gasteiger partial charge >= 0.3 is 0 Å². The third-order valence-electron chi connectivity index (χ3n) is 2.33. The number of hydrogen-bond donors (Lipinski definition) is 1. The minimum absolute atomic E-state index is 0.205. The highest BCUT2D eigenvalue weighted by Gasteiger charge is 2.13. The summed E-state index contributed by atoms with van der Waals surface area (Å²) in [7, 11) is 3.87. The molecule has 0 fully saturated rings. The summed E-state index contributed by atoms with van der Waals surface area (Å²) in [6.07, 6.45) is 0. The van der Waals surface area contributed by atoms with E-state index in [4.69, 9.17) is 4.74 Å². The van der Waals surface area contributed by atoms with Crippen LogP contribution in [0.5, 0.6) is 0 Å². The lowest BCUT2D eigenvalue weighted by Crippen LogP contribution is -2.45. The van der Waals surface area contributed by atoms with Crippen molar-refractivity contribution in [2.75, 3.05) is 33.9 Å². The van der Waals surface area contributed by atoms with Gasteiger partial charge < -0.3 is 15.0 Å². The largest absolute Gasteiger partial charge is 0.383 e. The normalized spacial score (nSPS) is 14.8. The van der Waals surface area contributed by atoms with Crippen molar-refractivity contribution in [1.29, 1.82) is 0 Å². The summed E-state index contributed by atoms with van der Waals surface area (Å²) in [4.78, 5) is 2.31. The van der Waals surface area contributed by atoms with Gasteiger partial charge in [0.05, 0.1) is 6.61 Å². The van der Waals surface area contributed by atoms with E-state index in [0.29, 0.717) is 6.04 Å². The molecule has 0 rings (SSSR count). The van der Waals surface area contributed by atoms with Crippen LogP contribution in [0.25, 0.3) is 0 Å². The van der Waals surface area contributed by atoms with E-state index in [9.17, 15) is 0 Å². The van der Waals surface area contributed by atoms with Crippen LogP contribution in [0.4, 0.5) is 0 Å². The fraction of sp³-hybridized carbons (Fsp3) is 1.00. The van der Waals surface area contributed by atoms with E-state index in [1.54, 1.807) is 7.11 Å². The first-order valence-electron chi connectivity index (χ1n) is 5.31. The molecule has 0 aliphatic rings. The van der Waals surface area contributed by atoms with Crippen molar-refractivity contribution in [2.24, 2.45) is 0 Å². The summed E-state index contributed by atoms with van der Waals surface area (Å²) in [6.45, 7) is 11.6. The first-order chi connectivity index (χ1) is 6.37. The lowest BCUT2D eigenvalue weighted by molar-refractivity contribution is 0.140. The molecule has 14 heavy (non-hydrogen) atoms. The van der Waals surface area contributed by atoms with Crippen LogP contribution in [-0.4, -0.2) is 50.3 Å². The summed E-state index contributed by atoms with van der Waals surface area (Å²) in [5, 5.41) is 3.50. The Morgan fingerprint density at radius 1 is 1.36 bits per heavy atom. The number of rotatable bonds is 6. The first kappa shape index (κ1) is 13.9. The zero-order valence-corrected chi connectivity index (χ0v) is 10.6. The Labute approximate surface area is 88.8 Å². The molecule has 0 saturated carbocycles. The highest BCUT2D eigenvalue weighted by molar-refractivity contribution is 4.74. The summed E-state index contributed by atoms with van der Waals surface area (Å²) < 4.78 is 5.05. The fourth-order valence-corrected chi connectivity index (χ4v) is 1.07. The Morgan fingerprint density at radius 2 is 1.93 bits per heavy atom. The lowest BCUT2D eigenvalue weighted by atomic mass is 10.1. The molecule has 3 nitrogen and oxygen atoms in total. The second-order valence-corrected chi connectivity index (χ2v) is 4.95. The van der Waals surface area contributed by atoms with Gasteiger partial charge in [-0.15, -0.1) is 0 Å². The Kier molecular flexibility index (Phi) is 6.33. The molecule has 0 bridgehead atoms. The van der Waals surface area contributed by atoms with Crippen molar-refractivity contribution >= 4 is 0 Å². The molecule has 0 spiro atoms. The smallest absolute Gasteiger partial charge is 0.0589 e. The third kappa shape index (κ3) is 7.30. The van der Waals surface area contributed by atoms with E-state index in [0.717, 1.165) is 19.7 Å². The molecular formula is C11H26N2O. The Balaban J connectivity index is 3.67. The maximum atomic E-state index is 5.05. The minimum Gasteiger partial charge on any atom is -0.383 e. The quantitative estimate of drug-likeness (QED) is 0.703. The monoisotopic (exact) mass is 202 g/mol. The molecule has 1 N–H and O–H groups in total. The zero-order valence-electron chi connectivity index (χ0n) is 10.6. The van der Waals surface area contributed by atoms with Crippen LogP contribution in [-0.2, 0) is 4.74 Å². The molecule has 0 heterocycles. The molecule has 86 valence electrons. The van der Waals surface area contributed by atoms with E-state index in [2.05, 4.69) is 45.0 Å². The second-order valence-electron chi connectivity index (χ2n) is 4.95. The molecule has 0 aromatic rings. The van der Waals surface area contributed by atoms with Crippen molar-refractivity contribution < 1.29 is 4.74 Å². The van der Waals surface area contributed by atoms with Gasteiger partial charge in [-0.3, -0.25) is 0 Å². The van der Waals surface area contributed by atoms with E-state index in [1.807, 2.05) is 0 Å². The minimum atomic E-state index is 0.205. The van der Waals surface area contributed by atoms with Gasteiger partial charge in [0, 0.05) is 31.8 Å². The molecule has 0 aromatic carbocycles. The van der Waals surface area contributed by atoms with E-state index in [-0.39, 0.29) is 5.54 Å². The van der Waals surface area contributed by atoms with Crippen molar-refractivity contribution in [3.63, 3.8) is 0 Å². The van der Waals surface area contributed by atoms with E-state index >= 15 is 0 Å². The SMILES string of the molecule is COCCN(C)C(C)CNC(C)(C)C. The Hall–Kier alpha value is -0.120. The number of hydrogen-bond acceptors (Lipinski definition) is 3. The van der Waals surface area contributed by atoms with Gasteiger partial charge in [0.25, 0.3) is 0 Å². The molecule has 1 atom stereocenters. The van der Waals surface area contributed by atoms with Crippen LogP contribution < -0.4 is 5.32 Å². The van der Waals surface area contributed by atoms with Crippen LogP contribution in [0, 0.1) is 0 Å². The topological polar surface area (TPSA) is 24.5 Å². The average Bonchev–Trinajstić information content (AvgIpc) is 2.09. The van der Waals surface area contributed by atoms with E-state index < -0.39 is 0 Å². The van der Waals surface area contributed by atoms with Gasteiger partial charge in [-0.05, 0) is 34.7 Å². The van der Waals surface area contributed by atoms with Gasteiger partial charge in [0.2, 0.25) is 0 Å². The van der Waals surface area contributed by atoms with Gasteiger partial charge in [-0.2, -0.15) is 0 Å². The van der Waals surface area contributed by atoms with E-state index in [1.165, 1.54) is 0 Å². The van der Waals surface area contributed by atoms with Crippen molar-refractivity contribution in [3.05, 3.63) is 0 Å². The maximum Gasteiger partial charge on any atom is 0.0589 e. The number of nitrogens with one attached hydrogen (secondary N) is 1. The predicted molar refractivity (Wildman–Crippen MR) is 61.7 cm³/mol. The number of methoxy groups -OCH3 is 1. The standard InChI is InChI=1S/C11H26N2O/c1-10(9-12-11(2,3)4)13(5)7-8-14-6/h10,12H,7-9H2,1-6H3. The summed E-state index contributed by atoms with van der Waals surface area (Å²) in [5.74, 6) is 0. The highest BCUT2D eigenvalue weighted by atomic mass is 16.5. The van der Waals surface area contributed by atoms with Gasteiger partial charge in [0.1, 0.15) is 0 Å². The first-order valence-corrected chi connectivity index (χ1v) is 5.31. The zero-order chi connectivity index (χ0) is 11.2. The van der Waals surface area contributed by atoms with Crippen LogP contribution in [0.2, 0.25) is 0 Å². The molecule has 0 aromatic heterocycles. The fourth-order valence-electron chi connectivity index (χ4n) is 1.07. The van der Waals surface area contributed by atoms with Crippen molar-refractivity contribution in [1.82, 2.24) is 10.2 Å². The summed E-state index contributed by atoms with van der Waals surface area (Å²) in [6, 6.07) is 0.546. The molecule has 3 heteroatoms. The summed E-state index contributed by atoms with van der Waals surface area (Å²) in [5.41, 5.74) is 0.205. The third-order valence-corrected chi connectivity index (χ3v) is 2.33. The number of likely N-dealkylation sites (N-methyl/N-ethyl adjacent to an activating group) is 1. The molecule has 1 unspecified atom stereocenters. The van der Waals surface area contributed by atoms with Gasteiger partial charge in [-0.1, -0.05) is 0 Å². The average molecular weight is 202 g/mol. The molecule has 0 aliphatic heterocycles. The van der Waals surface area contributed by atoms with Crippen LogP contribution >= 0.6 is 0 Å².